The second-order valence-corrected chi connectivity index (χ2v) is 6.37. The maximum atomic E-state index is 12.7. The number of anilines is 1. The third-order valence-electron chi connectivity index (χ3n) is 2.09. The van der Waals surface area contributed by atoms with Crippen LogP contribution in [0.5, 0.6) is 0 Å². The van der Waals surface area contributed by atoms with Crippen molar-refractivity contribution in [1.29, 1.82) is 0 Å². The first-order chi connectivity index (χ1) is 9.01. The van der Waals surface area contributed by atoms with Crippen molar-refractivity contribution >= 4 is 27.7 Å². The van der Waals surface area contributed by atoms with E-state index in [9.17, 15) is 12.8 Å². The molecule has 0 fully saturated rings. The topological polar surface area (TPSA) is 87.7 Å². The van der Waals surface area contributed by atoms with E-state index >= 15 is 0 Å². The van der Waals surface area contributed by atoms with Gasteiger partial charge in [-0.1, -0.05) is 18.7 Å². The van der Waals surface area contributed by atoms with Gasteiger partial charge in [-0.05, 0) is 30.0 Å². The van der Waals surface area contributed by atoms with Crippen LogP contribution in [0.2, 0.25) is 0 Å². The molecular formula is C10H11FN4O2S2. The average molecular weight is 302 g/mol. The minimum Gasteiger partial charge on any atom is -0.248 e. The predicted octanol–water partition coefficient (Wildman–Crippen LogP) is 1.86. The normalized spacial score (nSPS) is 11.5. The molecule has 0 aliphatic rings. The quantitative estimate of drug-likeness (QED) is 0.823. The lowest BCUT2D eigenvalue weighted by Crippen LogP contribution is -2.13. The summed E-state index contributed by atoms with van der Waals surface area (Å²) in [7, 11) is -3.79. The van der Waals surface area contributed by atoms with Crippen LogP contribution in [0.1, 0.15) is 6.92 Å². The Morgan fingerprint density at radius 1 is 1.37 bits per heavy atom. The van der Waals surface area contributed by atoms with Crippen LogP contribution in [0, 0.1) is 5.82 Å². The molecule has 6 nitrogen and oxygen atoms in total. The molecule has 0 aliphatic heterocycles. The Labute approximate surface area is 113 Å². The van der Waals surface area contributed by atoms with Gasteiger partial charge in [-0.15, -0.1) is 5.10 Å². The van der Waals surface area contributed by atoms with Gasteiger partial charge in [0.2, 0.25) is 11.1 Å². The van der Waals surface area contributed by atoms with Gasteiger partial charge in [-0.2, -0.15) is 4.98 Å². The van der Waals surface area contributed by atoms with Gasteiger partial charge in [-0.3, -0.25) is 0 Å². The number of nitrogens with one attached hydrogen (secondary N) is 2. The molecule has 0 aliphatic carbocycles. The van der Waals surface area contributed by atoms with Crippen LogP contribution >= 0.6 is 11.8 Å². The summed E-state index contributed by atoms with van der Waals surface area (Å²) >= 11 is 1.38. The Kier molecular flexibility index (Phi) is 4.05. The average Bonchev–Trinajstić information content (AvgIpc) is 2.77. The zero-order valence-corrected chi connectivity index (χ0v) is 11.6. The van der Waals surface area contributed by atoms with E-state index in [1.165, 1.54) is 23.9 Å². The molecule has 0 radical (unpaired) electrons. The number of hydrogen-bond donors (Lipinski definition) is 2. The molecule has 2 N–H and O–H groups in total. The minimum absolute atomic E-state index is 0.0280. The molecule has 2 rings (SSSR count). The van der Waals surface area contributed by atoms with Gasteiger partial charge in [0.1, 0.15) is 5.82 Å². The number of hydrogen-bond acceptors (Lipinski definition) is 5. The molecule has 0 atom stereocenters. The third-order valence-corrected chi connectivity index (χ3v) is 4.18. The largest absolute Gasteiger partial charge is 0.264 e. The SMILES string of the molecule is CCSc1n[nH]c(NS(=O)(=O)c2ccc(F)cc2)n1. The molecule has 102 valence electrons. The highest BCUT2D eigenvalue weighted by Gasteiger charge is 2.16. The van der Waals surface area contributed by atoms with Gasteiger partial charge in [0.15, 0.2) is 0 Å². The lowest BCUT2D eigenvalue weighted by molar-refractivity contribution is 0.599. The number of benzene rings is 1. The van der Waals surface area contributed by atoms with Crippen molar-refractivity contribution in [3.8, 4) is 0 Å². The van der Waals surface area contributed by atoms with Gasteiger partial charge in [0.25, 0.3) is 10.0 Å². The smallest absolute Gasteiger partial charge is 0.248 e. The second kappa shape index (κ2) is 5.57. The zero-order chi connectivity index (χ0) is 13.9. The molecule has 2 aromatic rings. The molecule has 9 heteroatoms. The van der Waals surface area contributed by atoms with E-state index in [-0.39, 0.29) is 10.8 Å². The van der Waals surface area contributed by atoms with Crippen molar-refractivity contribution in [2.75, 3.05) is 10.5 Å². The number of thioether (sulfide) groups is 1. The predicted molar refractivity (Wildman–Crippen MR) is 70.0 cm³/mol. The molecule has 0 unspecified atom stereocenters. The maximum absolute atomic E-state index is 12.7. The summed E-state index contributed by atoms with van der Waals surface area (Å²) in [5.41, 5.74) is 0. The Hall–Kier alpha value is -1.61. The first-order valence-corrected chi connectivity index (χ1v) is 7.82. The summed E-state index contributed by atoms with van der Waals surface area (Å²) in [6.07, 6.45) is 0. The highest BCUT2D eigenvalue weighted by atomic mass is 32.2. The molecule has 1 aromatic carbocycles. The summed E-state index contributed by atoms with van der Waals surface area (Å²) < 4.78 is 38.9. The summed E-state index contributed by atoms with van der Waals surface area (Å²) in [5, 5.41) is 6.78. The van der Waals surface area contributed by atoms with Crippen LogP contribution in [0.4, 0.5) is 10.3 Å². The number of aromatic amines is 1. The second-order valence-electron chi connectivity index (χ2n) is 3.46. The van der Waals surface area contributed by atoms with Crippen molar-refractivity contribution < 1.29 is 12.8 Å². The van der Waals surface area contributed by atoms with E-state index in [1.54, 1.807) is 0 Å². The number of sulfonamides is 1. The van der Waals surface area contributed by atoms with Gasteiger partial charge in [0.05, 0.1) is 4.90 Å². The number of aromatic nitrogens is 3. The first kappa shape index (κ1) is 13.8. The molecule has 1 heterocycles. The van der Waals surface area contributed by atoms with E-state index < -0.39 is 15.8 Å². The van der Waals surface area contributed by atoms with Crippen LogP contribution in [-0.2, 0) is 10.0 Å². The van der Waals surface area contributed by atoms with E-state index in [4.69, 9.17) is 0 Å². The van der Waals surface area contributed by atoms with Gasteiger partial charge >= 0.3 is 0 Å². The van der Waals surface area contributed by atoms with Crippen LogP contribution in [0.3, 0.4) is 0 Å². The minimum atomic E-state index is -3.79. The van der Waals surface area contributed by atoms with Crippen molar-refractivity contribution in [2.45, 2.75) is 17.0 Å². The number of halogens is 1. The van der Waals surface area contributed by atoms with Gasteiger partial charge < -0.3 is 0 Å². The molecule has 0 spiro atoms. The van der Waals surface area contributed by atoms with Gasteiger partial charge in [0, 0.05) is 0 Å². The monoisotopic (exact) mass is 302 g/mol. The zero-order valence-electron chi connectivity index (χ0n) is 9.92. The number of rotatable bonds is 5. The molecule has 0 saturated carbocycles. The molecular weight excluding hydrogens is 291 g/mol. The molecule has 1 aromatic heterocycles. The van der Waals surface area contributed by atoms with Crippen LogP contribution in [0.25, 0.3) is 0 Å². The molecule has 0 bridgehead atoms. The Morgan fingerprint density at radius 2 is 2.05 bits per heavy atom. The van der Waals surface area contributed by atoms with Gasteiger partial charge in [-0.25, -0.2) is 22.6 Å². The van der Waals surface area contributed by atoms with Crippen molar-refractivity contribution in [3.63, 3.8) is 0 Å². The fourth-order valence-electron chi connectivity index (χ4n) is 1.29. The lowest BCUT2D eigenvalue weighted by Gasteiger charge is -2.04. The van der Waals surface area contributed by atoms with Crippen LogP contribution < -0.4 is 4.72 Å². The Balaban J connectivity index is 2.18. The highest BCUT2D eigenvalue weighted by molar-refractivity contribution is 7.99. The van der Waals surface area contributed by atoms with E-state index in [0.717, 1.165) is 17.9 Å². The first-order valence-electron chi connectivity index (χ1n) is 5.35. The fourth-order valence-corrected chi connectivity index (χ4v) is 2.77. The maximum Gasteiger partial charge on any atom is 0.264 e. The van der Waals surface area contributed by atoms with Crippen molar-refractivity contribution in [3.05, 3.63) is 30.1 Å². The van der Waals surface area contributed by atoms with Crippen LogP contribution in [-0.4, -0.2) is 29.4 Å². The van der Waals surface area contributed by atoms with E-state index in [0.29, 0.717) is 5.16 Å². The van der Waals surface area contributed by atoms with Crippen LogP contribution in [0.15, 0.2) is 34.3 Å². The van der Waals surface area contributed by atoms with E-state index in [1.807, 2.05) is 6.92 Å². The number of H-pyrrole nitrogens is 1. The summed E-state index contributed by atoms with van der Waals surface area (Å²) in [4.78, 5) is 3.91. The molecule has 19 heavy (non-hydrogen) atoms. The van der Waals surface area contributed by atoms with Crippen molar-refractivity contribution in [2.24, 2.45) is 0 Å². The highest BCUT2D eigenvalue weighted by Crippen LogP contribution is 2.16. The Bertz CT molecular complexity index is 654. The third kappa shape index (κ3) is 3.44. The molecule has 0 saturated heterocycles. The number of nitrogens with zero attached hydrogens (tertiary/aromatic N) is 2. The lowest BCUT2D eigenvalue weighted by atomic mass is 10.4. The summed E-state index contributed by atoms with van der Waals surface area (Å²) in [5.74, 6) is 0.308. The fraction of sp³-hybridized carbons (Fsp3) is 0.200. The summed E-state index contributed by atoms with van der Waals surface area (Å²) in [6, 6.07) is 4.51. The summed E-state index contributed by atoms with van der Waals surface area (Å²) in [6.45, 7) is 1.93. The standard InChI is InChI=1S/C10H11FN4O2S2/c1-2-18-10-12-9(13-14-10)15-19(16,17)8-5-3-7(11)4-6-8/h3-6H,2H2,1H3,(H2,12,13,14,15). The Morgan fingerprint density at radius 3 is 2.68 bits per heavy atom. The molecule has 0 amide bonds. The van der Waals surface area contributed by atoms with E-state index in [2.05, 4.69) is 19.9 Å². The van der Waals surface area contributed by atoms with Crippen molar-refractivity contribution in [1.82, 2.24) is 15.2 Å².